The smallest absolute Gasteiger partial charge is 0.227 e. The van der Waals surface area contributed by atoms with Gasteiger partial charge in [-0.05, 0) is 32.2 Å². The maximum Gasteiger partial charge on any atom is 0.227 e. The van der Waals surface area contributed by atoms with E-state index in [4.69, 9.17) is 15.0 Å². The fraction of sp³-hybridized carbons (Fsp3) is 0.444. The molecule has 2 aliphatic rings. The Morgan fingerprint density at radius 1 is 1.11 bits per heavy atom. The first-order valence-corrected chi connectivity index (χ1v) is 12.5. The molecule has 9 nitrogen and oxygen atoms in total. The highest BCUT2D eigenvalue weighted by Gasteiger charge is 2.38. The van der Waals surface area contributed by atoms with E-state index < -0.39 is 6.04 Å². The van der Waals surface area contributed by atoms with Crippen LogP contribution in [0.15, 0.2) is 30.3 Å². The summed E-state index contributed by atoms with van der Waals surface area (Å²) in [5, 5.41) is 2.24. The number of nitrogens with zero attached hydrogens (tertiary/aromatic N) is 7. The average Bonchev–Trinajstić information content (AvgIpc) is 3.27. The Balaban J connectivity index is 1.60. The summed E-state index contributed by atoms with van der Waals surface area (Å²) in [6.07, 6.45) is 0.985. The Hall–Kier alpha value is -3.59. The zero-order valence-corrected chi connectivity index (χ0v) is 21.6. The van der Waals surface area contributed by atoms with Gasteiger partial charge in [0.25, 0.3) is 0 Å². The highest BCUT2D eigenvalue weighted by atomic mass is 16.2. The maximum atomic E-state index is 12.2. The first-order chi connectivity index (χ1) is 17.3. The van der Waals surface area contributed by atoms with Crippen LogP contribution in [-0.2, 0) is 16.1 Å². The van der Waals surface area contributed by atoms with Crippen molar-refractivity contribution < 1.29 is 9.59 Å². The number of hydrogen-bond acceptors (Lipinski definition) is 8. The van der Waals surface area contributed by atoms with Gasteiger partial charge in [0.15, 0.2) is 0 Å². The molecule has 9 heteroatoms. The second-order valence-electron chi connectivity index (χ2n) is 9.90. The zero-order valence-electron chi connectivity index (χ0n) is 21.6. The third-order valence-corrected chi connectivity index (χ3v) is 7.36. The number of anilines is 3. The van der Waals surface area contributed by atoms with E-state index in [0.717, 1.165) is 45.6 Å². The average molecular weight is 488 g/mol. The van der Waals surface area contributed by atoms with Crippen molar-refractivity contribution >= 4 is 40.5 Å². The first kappa shape index (κ1) is 24.1. The number of fused-ring (bicyclic) bond motifs is 2. The van der Waals surface area contributed by atoms with Crippen LogP contribution >= 0.6 is 0 Å². The van der Waals surface area contributed by atoms with Crippen molar-refractivity contribution in [3.63, 3.8) is 0 Å². The summed E-state index contributed by atoms with van der Waals surface area (Å²) >= 11 is 0. The molecule has 0 bridgehead atoms. The lowest BCUT2D eigenvalue weighted by molar-refractivity contribution is -0.129. The molecule has 4 heterocycles. The van der Waals surface area contributed by atoms with E-state index in [0.29, 0.717) is 38.7 Å². The molecule has 0 saturated carbocycles. The minimum atomic E-state index is -0.418. The van der Waals surface area contributed by atoms with Gasteiger partial charge in [0.05, 0.1) is 5.69 Å². The lowest BCUT2D eigenvalue weighted by Gasteiger charge is -2.35. The largest absolute Gasteiger partial charge is 0.339 e. The molecule has 1 aromatic carbocycles. The van der Waals surface area contributed by atoms with Crippen molar-refractivity contribution in [1.82, 2.24) is 24.8 Å². The molecule has 1 amide bonds. The van der Waals surface area contributed by atoms with Gasteiger partial charge in [-0.25, -0.2) is 9.97 Å². The summed E-state index contributed by atoms with van der Waals surface area (Å²) < 4.78 is 0. The number of carbonyl (C=O) groups excluding carboxylic acids is 2. The molecule has 0 radical (unpaired) electrons. The van der Waals surface area contributed by atoms with Crippen LogP contribution in [0.4, 0.5) is 17.6 Å². The second kappa shape index (κ2) is 9.46. The van der Waals surface area contributed by atoms with Crippen molar-refractivity contribution in [3.8, 4) is 0 Å². The van der Waals surface area contributed by atoms with E-state index in [1.54, 1.807) is 6.92 Å². The van der Waals surface area contributed by atoms with E-state index in [1.165, 1.54) is 0 Å². The summed E-state index contributed by atoms with van der Waals surface area (Å²) in [4.78, 5) is 47.0. The van der Waals surface area contributed by atoms with Crippen LogP contribution in [-0.4, -0.2) is 76.2 Å². The van der Waals surface area contributed by atoms with Crippen LogP contribution in [0.3, 0.4) is 0 Å². The summed E-state index contributed by atoms with van der Waals surface area (Å²) in [5.41, 5.74) is 2.68. The van der Waals surface area contributed by atoms with Crippen molar-refractivity contribution in [1.29, 1.82) is 0 Å². The Morgan fingerprint density at radius 3 is 2.50 bits per heavy atom. The quantitative estimate of drug-likeness (QED) is 0.507. The second-order valence-corrected chi connectivity index (χ2v) is 9.90. The van der Waals surface area contributed by atoms with Crippen molar-refractivity contribution in [3.05, 3.63) is 47.3 Å². The molecule has 0 aliphatic carbocycles. The number of aromatic nitrogens is 3. The van der Waals surface area contributed by atoms with Crippen LogP contribution in [0.5, 0.6) is 0 Å². The van der Waals surface area contributed by atoms with Crippen LogP contribution in [0.2, 0.25) is 0 Å². The van der Waals surface area contributed by atoms with E-state index in [2.05, 4.69) is 41.8 Å². The van der Waals surface area contributed by atoms with Crippen molar-refractivity contribution in [2.45, 2.75) is 46.3 Å². The number of aldehydes is 1. The van der Waals surface area contributed by atoms with Crippen molar-refractivity contribution in [2.24, 2.45) is 0 Å². The Bertz CT molecular complexity index is 1320. The lowest BCUT2D eigenvalue weighted by atomic mass is 10.1. The molecular weight excluding hydrogens is 454 g/mol. The number of carbonyl (C=O) groups is 2. The van der Waals surface area contributed by atoms with E-state index in [1.807, 2.05) is 35.9 Å². The highest BCUT2D eigenvalue weighted by molar-refractivity contribution is 5.87. The van der Waals surface area contributed by atoms with Gasteiger partial charge in [0, 0.05) is 69.4 Å². The minimum absolute atomic E-state index is 0.0799. The number of aryl methyl sites for hydroxylation is 1. The fourth-order valence-corrected chi connectivity index (χ4v) is 5.23. The lowest BCUT2D eigenvalue weighted by Crippen LogP contribution is -2.48. The van der Waals surface area contributed by atoms with Gasteiger partial charge in [-0.3, -0.25) is 9.69 Å². The van der Waals surface area contributed by atoms with Crippen LogP contribution < -0.4 is 9.80 Å². The molecule has 1 fully saturated rings. The molecule has 1 atom stereocenters. The van der Waals surface area contributed by atoms with Gasteiger partial charge < -0.3 is 19.5 Å². The number of hydrogen-bond donors (Lipinski definition) is 0. The summed E-state index contributed by atoms with van der Waals surface area (Å²) in [6, 6.07) is 10.1. The zero-order chi connectivity index (χ0) is 25.6. The van der Waals surface area contributed by atoms with Crippen LogP contribution in [0.25, 0.3) is 10.8 Å². The normalized spacial score (nSPS) is 18.1. The molecule has 2 aliphatic heterocycles. The molecule has 0 N–H and O–H groups in total. The summed E-state index contributed by atoms with van der Waals surface area (Å²) in [6.45, 7) is 11.0. The molecule has 1 saturated heterocycles. The molecule has 188 valence electrons. The Labute approximate surface area is 211 Å². The number of piperazine rings is 1. The third-order valence-electron chi connectivity index (χ3n) is 7.36. The predicted molar refractivity (Wildman–Crippen MR) is 141 cm³/mol. The Morgan fingerprint density at radius 2 is 1.83 bits per heavy atom. The van der Waals surface area contributed by atoms with Gasteiger partial charge in [0.1, 0.15) is 24.0 Å². The summed E-state index contributed by atoms with van der Waals surface area (Å²) in [7, 11) is 1.98. The topological polar surface area (TPSA) is 85.8 Å². The first-order valence-electron chi connectivity index (χ1n) is 12.5. The number of benzene rings is 1. The predicted octanol–water partition coefficient (Wildman–Crippen LogP) is 3.23. The standard InChI is InChI=1S/C27H33N7O2/c1-17(2)34-15-22-25(23(34)16-35)29-27(33-12-10-32(11-13-33)19(4)36)30-26(22)31(5)24-14-20-8-6-7-9-21(20)18(3)28-24/h6-9,14,16-17,23H,10-13,15H2,1-5H3. The minimum Gasteiger partial charge on any atom is -0.339 e. The SMILES string of the molecule is CC(=O)N1CCN(c2nc3c(c(N(C)c4cc5ccccc5c(C)n4)n2)CN(C(C)C)C3C=O)CC1. The number of rotatable bonds is 5. The Kier molecular flexibility index (Phi) is 6.34. The molecule has 3 aromatic rings. The van der Waals surface area contributed by atoms with E-state index in [9.17, 15) is 9.59 Å². The maximum absolute atomic E-state index is 12.2. The highest BCUT2D eigenvalue weighted by Crippen LogP contribution is 2.40. The molecule has 5 rings (SSSR count). The number of pyridine rings is 1. The summed E-state index contributed by atoms with van der Waals surface area (Å²) in [5.74, 6) is 2.23. The third kappa shape index (κ3) is 4.17. The fourth-order valence-electron chi connectivity index (χ4n) is 5.23. The van der Waals surface area contributed by atoms with Gasteiger partial charge in [-0.15, -0.1) is 0 Å². The number of amides is 1. The van der Waals surface area contributed by atoms with Gasteiger partial charge in [0.2, 0.25) is 11.9 Å². The molecular formula is C27H33N7O2. The van der Waals surface area contributed by atoms with Crippen LogP contribution in [0, 0.1) is 6.92 Å². The molecule has 0 spiro atoms. The molecule has 2 aromatic heterocycles. The van der Waals surface area contributed by atoms with E-state index in [-0.39, 0.29) is 11.9 Å². The monoisotopic (exact) mass is 487 g/mol. The van der Waals surface area contributed by atoms with Gasteiger partial charge >= 0.3 is 0 Å². The molecule has 36 heavy (non-hydrogen) atoms. The van der Waals surface area contributed by atoms with Crippen molar-refractivity contribution in [2.75, 3.05) is 43.0 Å². The van der Waals surface area contributed by atoms with Gasteiger partial charge in [-0.2, -0.15) is 4.98 Å². The van der Waals surface area contributed by atoms with Crippen LogP contribution in [0.1, 0.15) is 43.8 Å². The van der Waals surface area contributed by atoms with Gasteiger partial charge in [-0.1, -0.05) is 24.3 Å². The molecule has 1 unspecified atom stereocenters. The van der Waals surface area contributed by atoms with E-state index >= 15 is 0 Å².